The number of rotatable bonds is 10. The molecule has 0 aromatic rings. The van der Waals surface area contributed by atoms with Crippen LogP contribution in [0.2, 0.25) is 0 Å². The zero-order valence-electron chi connectivity index (χ0n) is 13.9. The van der Waals surface area contributed by atoms with E-state index in [4.69, 9.17) is 4.74 Å². The number of aliphatic imine (C=N–C) groups is 1. The number of carbonyl (C=O) groups is 1. The Kier molecular flexibility index (Phi) is 17.2. The molecule has 0 heterocycles. The van der Waals surface area contributed by atoms with Gasteiger partial charge >= 0.3 is 5.97 Å². The second-order valence-electron chi connectivity index (χ2n) is 4.92. The maximum absolute atomic E-state index is 11.1. The molecule has 5 nitrogen and oxygen atoms in total. The Morgan fingerprint density at radius 3 is 2.43 bits per heavy atom. The van der Waals surface area contributed by atoms with E-state index in [9.17, 15) is 4.79 Å². The summed E-state index contributed by atoms with van der Waals surface area (Å²) in [4.78, 5) is 15.3. The van der Waals surface area contributed by atoms with Crippen molar-refractivity contribution in [1.29, 1.82) is 0 Å². The number of esters is 1. The Hall–Kier alpha value is -0.530. The third-order valence-electron chi connectivity index (χ3n) is 3.12. The van der Waals surface area contributed by atoms with E-state index >= 15 is 0 Å². The molecule has 0 spiro atoms. The number of hydrogen-bond donors (Lipinski definition) is 2. The SMILES string of the molecule is CCOC(=O)CCCCCCNC(=NC)NC(C)CC.I. The van der Waals surface area contributed by atoms with Gasteiger partial charge in [-0.3, -0.25) is 9.79 Å². The first-order valence-corrected chi connectivity index (χ1v) is 7.76. The number of unbranched alkanes of at least 4 members (excludes halogenated alkanes) is 3. The molecule has 0 rings (SSSR count). The predicted octanol–water partition coefficient (Wildman–Crippen LogP) is 3.08. The summed E-state index contributed by atoms with van der Waals surface area (Å²) in [5.41, 5.74) is 0. The van der Waals surface area contributed by atoms with Gasteiger partial charge in [-0.05, 0) is 33.1 Å². The molecule has 0 saturated carbocycles. The van der Waals surface area contributed by atoms with Gasteiger partial charge in [0, 0.05) is 26.1 Å². The maximum Gasteiger partial charge on any atom is 0.305 e. The van der Waals surface area contributed by atoms with Gasteiger partial charge in [0.1, 0.15) is 0 Å². The number of guanidine groups is 1. The highest BCUT2D eigenvalue weighted by Gasteiger charge is 2.02. The fraction of sp³-hybridized carbons (Fsp3) is 0.867. The van der Waals surface area contributed by atoms with Crippen molar-refractivity contribution in [2.75, 3.05) is 20.2 Å². The second kappa shape index (κ2) is 15.9. The van der Waals surface area contributed by atoms with Gasteiger partial charge in [-0.1, -0.05) is 19.8 Å². The lowest BCUT2D eigenvalue weighted by atomic mass is 10.1. The zero-order chi connectivity index (χ0) is 15.2. The Morgan fingerprint density at radius 2 is 1.86 bits per heavy atom. The van der Waals surface area contributed by atoms with Crippen LogP contribution in [-0.4, -0.2) is 38.2 Å². The summed E-state index contributed by atoms with van der Waals surface area (Å²) >= 11 is 0. The largest absolute Gasteiger partial charge is 0.466 e. The quantitative estimate of drug-likeness (QED) is 0.190. The summed E-state index contributed by atoms with van der Waals surface area (Å²) in [6, 6.07) is 0.436. The third-order valence-corrected chi connectivity index (χ3v) is 3.12. The highest BCUT2D eigenvalue weighted by Crippen LogP contribution is 2.03. The lowest BCUT2D eigenvalue weighted by Gasteiger charge is -2.16. The average Bonchev–Trinajstić information content (AvgIpc) is 2.44. The first-order chi connectivity index (χ1) is 9.63. The Balaban J connectivity index is 0. The fourth-order valence-electron chi connectivity index (χ4n) is 1.72. The molecule has 0 radical (unpaired) electrons. The molecule has 2 N–H and O–H groups in total. The van der Waals surface area contributed by atoms with Crippen molar-refractivity contribution in [3.8, 4) is 0 Å². The average molecular weight is 413 g/mol. The molecular formula is C15H32IN3O2. The van der Waals surface area contributed by atoms with E-state index < -0.39 is 0 Å². The van der Waals surface area contributed by atoms with Crippen molar-refractivity contribution in [3.05, 3.63) is 0 Å². The number of nitrogens with one attached hydrogen (secondary N) is 2. The van der Waals surface area contributed by atoms with Crippen LogP contribution in [0.3, 0.4) is 0 Å². The summed E-state index contributed by atoms with van der Waals surface area (Å²) in [6.07, 6.45) is 5.81. The smallest absolute Gasteiger partial charge is 0.305 e. The number of carbonyl (C=O) groups excluding carboxylic acids is 1. The highest BCUT2D eigenvalue weighted by atomic mass is 127. The summed E-state index contributed by atoms with van der Waals surface area (Å²) < 4.78 is 4.89. The van der Waals surface area contributed by atoms with E-state index in [1.807, 2.05) is 6.92 Å². The first kappa shape index (κ1) is 22.7. The van der Waals surface area contributed by atoms with Crippen LogP contribution in [0.5, 0.6) is 0 Å². The van der Waals surface area contributed by atoms with Crippen molar-refractivity contribution >= 4 is 35.9 Å². The highest BCUT2D eigenvalue weighted by molar-refractivity contribution is 14.0. The van der Waals surface area contributed by atoms with E-state index in [-0.39, 0.29) is 29.9 Å². The molecule has 0 bridgehead atoms. The van der Waals surface area contributed by atoms with Crippen LogP contribution in [0, 0.1) is 0 Å². The van der Waals surface area contributed by atoms with Crippen molar-refractivity contribution in [2.45, 2.75) is 65.3 Å². The number of hydrogen-bond acceptors (Lipinski definition) is 3. The summed E-state index contributed by atoms with van der Waals surface area (Å²) in [7, 11) is 1.79. The summed E-state index contributed by atoms with van der Waals surface area (Å²) in [5.74, 6) is 0.787. The monoisotopic (exact) mass is 413 g/mol. The molecule has 0 aliphatic heterocycles. The Morgan fingerprint density at radius 1 is 1.19 bits per heavy atom. The maximum atomic E-state index is 11.1. The first-order valence-electron chi connectivity index (χ1n) is 7.76. The van der Waals surface area contributed by atoms with Gasteiger partial charge in [-0.2, -0.15) is 0 Å². The van der Waals surface area contributed by atoms with Gasteiger partial charge in [0.2, 0.25) is 0 Å². The standard InChI is InChI=1S/C15H31N3O2.HI/c1-5-13(3)18-15(16-4)17-12-10-8-7-9-11-14(19)20-6-2;/h13H,5-12H2,1-4H3,(H2,16,17,18);1H. The third kappa shape index (κ3) is 14.2. The molecule has 0 saturated heterocycles. The van der Waals surface area contributed by atoms with Crippen LogP contribution in [0.15, 0.2) is 4.99 Å². The summed E-state index contributed by atoms with van der Waals surface area (Å²) in [6.45, 7) is 7.52. The second-order valence-corrected chi connectivity index (χ2v) is 4.92. The number of halogens is 1. The van der Waals surface area contributed by atoms with Crippen LogP contribution in [-0.2, 0) is 9.53 Å². The number of ether oxygens (including phenoxy) is 1. The van der Waals surface area contributed by atoms with Crippen molar-refractivity contribution in [3.63, 3.8) is 0 Å². The summed E-state index contributed by atoms with van der Waals surface area (Å²) in [5, 5.41) is 6.63. The van der Waals surface area contributed by atoms with Crippen molar-refractivity contribution < 1.29 is 9.53 Å². The Labute approximate surface area is 146 Å². The molecule has 0 fully saturated rings. The van der Waals surface area contributed by atoms with Crippen molar-refractivity contribution in [1.82, 2.24) is 10.6 Å². The van der Waals surface area contributed by atoms with E-state index in [1.54, 1.807) is 7.05 Å². The minimum Gasteiger partial charge on any atom is -0.466 e. The molecule has 0 aliphatic rings. The van der Waals surface area contributed by atoms with E-state index in [0.717, 1.165) is 44.6 Å². The van der Waals surface area contributed by atoms with Crippen molar-refractivity contribution in [2.24, 2.45) is 4.99 Å². The molecular weight excluding hydrogens is 381 g/mol. The van der Waals surface area contributed by atoms with Gasteiger partial charge in [0.25, 0.3) is 0 Å². The van der Waals surface area contributed by atoms with Gasteiger partial charge in [-0.25, -0.2) is 0 Å². The van der Waals surface area contributed by atoms with Gasteiger partial charge in [0.05, 0.1) is 6.61 Å². The molecule has 0 aromatic heterocycles. The fourth-order valence-corrected chi connectivity index (χ4v) is 1.72. The van der Waals surface area contributed by atoms with Crippen LogP contribution in [0.1, 0.15) is 59.3 Å². The van der Waals surface area contributed by atoms with E-state index in [1.165, 1.54) is 0 Å². The van der Waals surface area contributed by atoms with Gasteiger partial charge in [0.15, 0.2) is 5.96 Å². The molecule has 0 aromatic carbocycles. The van der Waals surface area contributed by atoms with Crippen LogP contribution in [0.25, 0.3) is 0 Å². The molecule has 1 atom stereocenters. The Bertz CT molecular complexity index is 286. The number of nitrogens with zero attached hydrogens (tertiary/aromatic N) is 1. The van der Waals surface area contributed by atoms with E-state index in [2.05, 4.69) is 29.5 Å². The topological polar surface area (TPSA) is 62.7 Å². The molecule has 126 valence electrons. The molecule has 6 heteroatoms. The molecule has 21 heavy (non-hydrogen) atoms. The van der Waals surface area contributed by atoms with Crippen LogP contribution < -0.4 is 10.6 Å². The van der Waals surface area contributed by atoms with E-state index in [0.29, 0.717) is 19.1 Å². The zero-order valence-corrected chi connectivity index (χ0v) is 16.2. The van der Waals surface area contributed by atoms with Crippen LogP contribution in [0.4, 0.5) is 0 Å². The predicted molar refractivity (Wildman–Crippen MR) is 99.4 cm³/mol. The minimum atomic E-state index is -0.0798. The normalized spacial score (nSPS) is 12.3. The molecule has 0 aliphatic carbocycles. The lowest BCUT2D eigenvalue weighted by Crippen LogP contribution is -2.42. The van der Waals surface area contributed by atoms with Crippen LogP contribution >= 0.6 is 24.0 Å². The van der Waals surface area contributed by atoms with Gasteiger partial charge in [-0.15, -0.1) is 24.0 Å². The van der Waals surface area contributed by atoms with Gasteiger partial charge < -0.3 is 15.4 Å². The minimum absolute atomic E-state index is 0. The molecule has 1 unspecified atom stereocenters. The lowest BCUT2D eigenvalue weighted by molar-refractivity contribution is -0.143. The molecule has 0 amide bonds.